The van der Waals surface area contributed by atoms with Crippen LogP contribution < -0.4 is 15.6 Å². The van der Waals surface area contributed by atoms with Crippen LogP contribution >= 0.6 is 0 Å². The van der Waals surface area contributed by atoms with Crippen LogP contribution in [0.1, 0.15) is 32.1 Å². The van der Waals surface area contributed by atoms with Crippen molar-refractivity contribution in [3.05, 3.63) is 52.9 Å². The van der Waals surface area contributed by atoms with Gasteiger partial charge in [0.1, 0.15) is 12.3 Å². The predicted molar refractivity (Wildman–Crippen MR) is 111 cm³/mol. The van der Waals surface area contributed by atoms with Crippen LogP contribution in [-0.4, -0.2) is 33.8 Å². The number of ether oxygens (including phenoxy) is 1. The van der Waals surface area contributed by atoms with Crippen molar-refractivity contribution >= 4 is 5.91 Å². The fraction of sp³-hybridized carbons (Fsp3) is 0.364. The lowest BCUT2D eigenvalue weighted by Gasteiger charge is -2.22. The molecule has 1 amide bonds. The van der Waals surface area contributed by atoms with Gasteiger partial charge in [0.2, 0.25) is 11.7 Å². The quantitative estimate of drug-likeness (QED) is 0.673. The van der Waals surface area contributed by atoms with Gasteiger partial charge in [-0.05, 0) is 43.2 Å². The minimum atomic E-state index is -0.257. The molecule has 2 heterocycles. The molecular weight excluding hydrogens is 384 g/mol. The Labute approximate surface area is 173 Å². The Kier molecular flexibility index (Phi) is 5.92. The Morgan fingerprint density at radius 2 is 1.87 bits per heavy atom. The zero-order valence-electron chi connectivity index (χ0n) is 16.8. The van der Waals surface area contributed by atoms with Crippen LogP contribution in [0.3, 0.4) is 0 Å². The molecule has 1 fully saturated rings. The highest BCUT2D eigenvalue weighted by Crippen LogP contribution is 2.23. The first-order chi connectivity index (χ1) is 14.6. The lowest BCUT2D eigenvalue weighted by molar-refractivity contribution is -0.122. The van der Waals surface area contributed by atoms with Crippen LogP contribution in [0.5, 0.6) is 5.75 Å². The van der Waals surface area contributed by atoms with E-state index in [0.717, 1.165) is 37.0 Å². The molecule has 3 aromatic rings. The summed E-state index contributed by atoms with van der Waals surface area (Å²) in [6, 6.07) is 10.5. The second kappa shape index (κ2) is 8.94. The van der Waals surface area contributed by atoms with Gasteiger partial charge in [0, 0.05) is 23.9 Å². The Morgan fingerprint density at radius 3 is 2.60 bits per heavy atom. The molecule has 8 nitrogen and oxygen atoms in total. The first kappa shape index (κ1) is 19.9. The highest BCUT2D eigenvalue weighted by Gasteiger charge is 2.17. The maximum Gasteiger partial charge on any atom is 0.259 e. The monoisotopic (exact) mass is 408 g/mol. The zero-order valence-corrected chi connectivity index (χ0v) is 16.8. The van der Waals surface area contributed by atoms with Crippen molar-refractivity contribution in [2.75, 3.05) is 7.11 Å². The van der Waals surface area contributed by atoms with Crippen LogP contribution in [0.25, 0.3) is 22.8 Å². The molecule has 1 aliphatic rings. The Morgan fingerprint density at radius 1 is 1.13 bits per heavy atom. The van der Waals surface area contributed by atoms with Gasteiger partial charge in [-0.3, -0.25) is 9.59 Å². The molecule has 1 saturated carbocycles. The molecule has 0 atom stereocenters. The summed E-state index contributed by atoms with van der Waals surface area (Å²) in [6.45, 7) is -0.0390. The number of carbonyl (C=O) groups is 1. The highest BCUT2D eigenvalue weighted by molar-refractivity contribution is 5.76. The molecule has 156 valence electrons. The molecule has 0 radical (unpaired) electrons. The number of hydrogen-bond donors (Lipinski definition) is 1. The van der Waals surface area contributed by atoms with Crippen LogP contribution in [0, 0.1) is 0 Å². The van der Waals surface area contributed by atoms with Gasteiger partial charge < -0.3 is 19.1 Å². The largest absolute Gasteiger partial charge is 0.497 e. The maximum absolute atomic E-state index is 12.4. The Bertz CT molecular complexity index is 1070. The third kappa shape index (κ3) is 4.59. The van der Waals surface area contributed by atoms with Gasteiger partial charge in [-0.2, -0.15) is 4.98 Å². The number of rotatable bonds is 6. The van der Waals surface area contributed by atoms with E-state index in [0.29, 0.717) is 11.4 Å². The summed E-state index contributed by atoms with van der Waals surface area (Å²) in [6.07, 6.45) is 7.06. The second-order valence-corrected chi connectivity index (χ2v) is 7.44. The van der Waals surface area contributed by atoms with Crippen LogP contribution in [-0.2, 0) is 11.3 Å². The van der Waals surface area contributed by atoms with Crippen molar-refractivity contribution in [3.63, 3.8) is 0 Å². The van der Waals surface area contributed by atoms with Crippen LogP contribution in [0.4, 0.5) is 0 Å². The fourth-order valence-corrected chi connectivity index (χ4v) is 3.65. The number of nitrogens with one attached hydrogen (secondary N) is 1. The molecule has 2 aromatic heterocycles. The number of amides is 1. The summed E-state index contributed by atoms with van der Waals surface area (Å²) < 4.78 is 11.9. The molecule has 1 aliphatic carbocycles. The second-order valence-electron chi connectivity index (χ2n) is 7.44. The van der Waals surface area contributed by atoms with E-state index in [1.54, 1.807) is 19.4 Å². The minimum absolute atomic E-state index is 0.0390. The molecule has 8 heteroatoms. The molecule has 0 spiro atoms. The summed E-state index contributed by atoms with van der Waals surface area (Å²) in [5.74, 6) is 1.29. The third-order valence-corrected chi connectivity index (χ3v) is 5.29. The molecular formula is C22H24N4O4. The number of aromatic nitrogens is 3. The van der Waals surface area contributed by atoms with Crippen molar-refractivity contribution in [3.8, 4) is 28.6 Å². The van der Waals surface area contributed by atoms with Crippen LogP contribution in [0.15, 0.2) is 51.9 Å². The van der Waals surface area contributed by atoms with Crippen molar-refractivity contribution in [2.45, 2.75) is 44.7 Å². The normalized spacial score (nSPS) is 14.4. The first-order valence-corrected chi connectivity index (χ1v) is 10.1. The first-order valence-electron chi connectivity index (χ1n) is 10.1. The topological polar surface area (TPSA) is 99.3 Å². The molecule has 30 heavy (non-hydrogen) atoms. The van der Waals surface area contributed by atoms with Crippen molar-refractivity contribution in [1.29, 1.82) is 0 Å². The Balaban J connectivity index is 1.49. The minimum Gasteiger partial charge on any atom is -0.497 e. The van der Waals surface area contributed by atoms with Gasteiger partial charge in [0.15, 0.2) is 0 Å². The number of methoxy groups -OCH3 is 1. The van der Waals surface area contributed by atoms with Gasteiger partial charge in [-0.25, -0.2) is 0 Å². The molecule has 1 aromatic carbocycles. The van der Waals surface area contributed by atoms with E-state index in [1.807, 2.05) is 24.3 Å². The van der Waals surface area contributed by atoms with Crippen LogP contribution in [0.2, 0.25) is 0 Å². The third-order valence-electron chi connectivity index (χ3n) is 5.29. The van der Waals surface area contributed by atoms with E-state index >= 15 is 0 Å². The lowest BCUT2D eigenvalue weighted by Crippen LogP contribution is -2.39. The maximum atomic E-state index is 12.4. The standard InChI is InChI=1S/C22H24N4O4/c1-29-18-10-7-15(8-11-18)21-24-22(30-25-21)16-9-12-20(28)26(13-16)14-19(27)23-17-5-3-2-4-6-17/h7-13,17H,2-6,14H2,1H3,(H,23,27). The SMILES string of the molecule is COc1ccc(-c2noc(-c3ccc(=O)n(CC(=O)NC4CCCCC4)c3)n2)cc1. The van der Waals surface area contributed by atoms with E-state index in [9.17, 15) is 9.59 Å². The van der Waals surface area contributed by atoms with Crippen molar-refractivity contribution in [1.82, 2.24) is 20.0 Å². The smallest absolute Gasteiger partial charge is 0.259 e. The summed E-state index contributed by atoms with van der Waals surface area (Å²) in [7, 11) is 1.60. The van der Waals surface area contributed by atoms with E-state index in [4.69, 9.17) is 9.26 Å². The molecule has 4 rings (SSSR count). The molecule has 0 aliphatic heterocycles. The molecule has 0 saturated heterocycles. The van der Waals surface area contributed by atoms with Gasteiger partial charge in [0.05, 0.1) is 12.7 Å². The zero-order chi connectivity index (χ0) is 20.9. The van der Waals surface area contributed by atoms with E-state index in [1.165, 1.54) is 17.1 Å². The number of pyridine rings is 1. The van der Waals surface area contributed by atoms with Gasteiger partial charge in [0.25, 0.3) is 11.4 Å². The summed E-state index contributed by atoms with van der Waals surface area (Å²) >= 11 is 0. The van der Waals surface area contributed by atoms with Gasteiger partial charge >= 0.3 is 0 Å². The van der Waals surface area contributed by atoms with Gasteiger partial charge in [-0.1, -0.05) is 24.4 Å². The molecule has 0 bridgehead atoms. The lowest BCUT2D eigenvalue weighted by atomic mass is 9.95. The van der Waals surface area contributed by atoms with E-state index in [2.05, 4.69) is 15.5 Å². The summed E-state index contributed by atoms with van der Waals surface area (Å²) in [4.78, 5) is 29.0. The summed E-state index contributed by atoms with van der Waals surface area (Å²) in [5, 5.41) is 7.04. The van der Waals surface area contributed by atoms with Crippen molar-refractivity contribution < 1.29 is 14.1 Å². The number of hydrogen-bond acceptors (Lipinski definition) is 6. The average molecular weight is 408 g/mol. The number of carbonyl (C=O) groups excluding carboxylic acids is 1. The molecule has 1 N–H and O–H groups in total. The van der Waals surface area contributed by atoms with Crippen molar-refractivity contribution in [2.24, 2.45) is 0 Å². The highest BCUT2D eigenvalue weighted by atomic mass is 16.5. The summed E-state index contributed by atoms with van der Waals surface area (Å²) in [5.41, 5.74) is 1.10. The van der Waals surface area contributed by atoms with Gasteiger partial charge in [-0.15, -0.1) is 0 Å². The van der Waals surface area contributed by atoms with E-state index in [-0.39, 0.29) is 29.9 Å². The number of benzene rings is 1. The Hall–Kier alpha value is -3.42. The predicted octanol–water partition coefficient (Wildman–Crippen LogP) is 3.02. The number of nitrogens with zero attached hydrogens (tertiary/aromatic N) is 3. The average Bonchev–Trinajstić information content (AvgIpc) is 3.26. The van der Waals surface area contributed by atoms with E-state index < -0.39 is 0 Å². The molecule has 0 unspecified atom stereocenters. The fourth-order valence-electron chi connectivity index (χ4n) is 3.65.